The fraction of sp³-hybridized carbons (Fsp3) is 0.840. The number of rotatable bonds is 67. The molecule has 0 aromatic rings. The molecule has 0 heterocycles. The molecule has 85 heavy (non-hydrogen) atoms. The molecule has 0 aliphatic rings. The number of phosphoric ester groups is 1. The number of nitrogens with zero attached hydrogens (tertiary/aromatic N) is 1. The molecule has 0 bridgehead atoms. The second-order valence-electron chi connectivity index (χ2n) is 26.1. The molecule has 0 saturated carbocycles. The maximum Gasteiger partial charge on any atom is 0.306 e. The average molecular weight is 1210 g/mol. The summed E-state index contributed by atoms with van der Waals surface area (Å²) in [4.78, 5) is 40.2. The van der Waals surface area contributed by atoms with Gasteiger partial charge in [-0.1, -0.05) is 307 Å². The van der Waals surface area contributed by atoms with E-state index in [4.69, 9.17) is 13.8 Å². The summed E-state index contributed by atoms with van der Waals surface area (Å²) in [6.45, 7) is 6.84. The van der Waals surface area contributed by atoms with Gasteiger partial charge in [0.05, 0.1) is 33.8 Å². The number of carbonyl (C=O) groups is 2. The van der Waals surface area contributed by atoms with Crippen LogP contribution in [0, 0.1) is 0 Å². The van der Waals surface area contributed by atoms with Crippen LogP contribution in [0.3, 0.4) is 0 Å². The van der Waals surface area contributed by atoms with Gasteiger partial charge in [-0.05, 0) is 96.0 Å². The van der Waals surface area contributed by atoms with Crippen LogP contribution >= 0.6 is 7.82 Å². The molecule has 3 unspecified atom stereocenters. The predicted octanol–water partition coefficient (Wildman–Crippen LogP) is 22.7. The van der Waals surface area contributed by atoms with Crippen LogP contribution < -0.4 is 10.2 Å². The molecule has 0 saturated heterocycles. The number of hydrogen-bond donors (Lipinski definition) is 1. The molecule has 0 rings (SSSR count). The molecule has 0 aromatic carbocycles. The van der Waals surface area contributed by atoms with E-state index in [9.17, 15) is 19.0 Å². The molecule has 9 nitrogen and oxygen atoms in total. The topological polar surface area (TPSA) is 114 Å². The molecule has 1 N–H and O–H groups in total. The zero-order valence-corrected chi connectivity index (χ0v) is 58.0. The van der Waals surface area contributed by atoms with E-state index in [0.29, 0.717) is 17.4 Å². The molecular formula is C75H141N2O7P. The van der Waals surface area contributed by atoms with Gasteiger partial charge in [-0.15, -0.1) is 0 Å². The summed E-state index contributed by atoms with van der Waals surface area (Å²) < 4.78 is 30.5. The van der Waals surface area contributed by atoms with Gasteiger partial charge in [0.25, 0.3) is 7.82 Å². The Bertz CT molecular complexity index is 1640. The van der Waals surface area contributed by atoms with E-state index in [1.165, 1.54) is 250 Å². The molecule has 1 amide bonds. The number of amides is 1. The van der Waals surface area contributed by atoms with Gasteiger partial charge in [0.2, 0.25) is 5.91 Å². The van der Waals surface area contributed by atoms with Crippen molar-refractivity contribution in [1.29, 1.82) is 0 Å². The van der Waals surface area contributed by atoms with Crippen molar-refractivity contribution in [2.24, 2.45) is 0 Å². The standard InChI is InChI=1S/C75H141N2O7P/c1-7-10-13-16-19-22-25-27-29-31-33-35-37-38-40-41-43-45-47-49-52-55-58-61-64-67-74(78)76-72(71-83-85(80,81)82-70-69-77(4,5)6)73(66-63-60-57-54-51-24-21-18-15-12-9-3)84-75(79)68-65-62-59-56-53-50-48-46-44-42-39-36-34-32-30-28-26-23-20-17-14-11-8-2/h19-20,22-23,27-30,63,66,72-73H,7-18,21,24-26,31-62,64-65,67-71H2,1-6H3,(H-,76,78,80,81)/b22-19-,23-20-,29-27-,30-28-,66-63+. The number of phosphoric acid groups is 1. The molecule has 3 atom stereocenters. The second-order valence-corrected chi connectivity index (χ2v) is 27.5. The highest BCUT2D eigenvalue weighted by atomic mass is 31.2. The first-order valence-corrected chi connectivity index (χ1v) is 38.1. The zero-order valence-electron chi connectivity index (χ0n) is 57.1. The molecule has 0 fully saturated rings. The normalized spacial score (nSPS) is 13.8. The maximum atomic E-state index is 13.6. The molecule has 0 spiro atoms. The summed E-state index contributed by atoms with van der Waals surface area (Å²) in [5.41, 5.74) is 0. The van der Waals surface area contributed by atoms with Crippen LogP contribution in [-0.2, 0) is 27.9 Å². The van der Waals surface area contributed by atoms with Crippen molar-refractivity contribution in [2.75, 3.05) is 40.9 Å². The van der Waals surface area contributed by atoms with Crippen molar-refractivity contribution in [3.8, 4) is 0 Å². The Kier molecular flexibility index (Phi) is 62.9. The molecular weight excluding hydrogens is 1070 g/mol. The lowest BCUT2D eigenvalue weighted by atomic mass is 10.0. The Morgan fingerprint density at radius 3 is 1.08 bits per heavy atom. The van der Waals surface area contributed by atoms with Gasteiger partial charge in [-0.3, -0.25) is 14.2 Å². The summed E-state index contributed by atoms with van der Waals surface area (Å²) in [7, 11) is 1.20. The Hall–Kier alpha value is -2.29. The lowest BCUT2D eigenvalue weighted by Gasteiger charge is -2.30. The minimum Gasteiger partial charge on any atom is -0.756 e. The fourth-order valence-corrected chi connectivity index (χ4v) is 11.5. The van der Waals surface area contributed by atoms with Crippen LogP contribution in [0.2, 0.25) is 0 Å². The van der Waals surface area contributed by atoms with Crippen LogP contribution in [0.25, 0.3) is 0 Å². The van der Waals surface area contributed by atoms with Crippen LogP contribution in [-0.4, -0.2) is 69.4 Å². The number of carbonyl (C=O) groups excluding carboxylic acids is 2. The number of hydrogen-bond acceptors (Lipinski definition) is 7. The number of allylic oxidation sites excluding steroid dienone is 9. The Labute approximate surface area is 528 Å². The van der Waals surface area contributed by atoms with Gasteiger partial charge in [-0.25, -0.2) is 0 Å². The van der Waals surface area contributed by atoms with E-state index in [-0.39, 0.29) is 31.5 Å². The monoisotopic (exact) mass is 1210 g/mol. The van der Waals surface area contributed by atoms with E-state index >= 15 is 0 Å². The third-order valence-corrected chi connectivity index (χ3v) is 17.4. The highest BCUT2D eigenvalue weighted by Crippen LogP contribution is 2.38. The zero-order chi connectivity index (χ0) is 62.1. The first-order valence-electron chi connectivity index (χ1n) is 36.6. The third kappa shape index (κ3) is 66.0. The quantitative estimate of drug-likeness (QED) is 0.0212. The Balaban J connectivity index is 4.96. The van der Waals surface area contributed by atoms with E-state index in [1.54, 1.807) is 0 Å². The Morgan fingerprint density at radius 2 is 0.718 bits per heavy atom. The summed E-state index contributed by atoms with van der Waals surface area (Å²) in [6.07, 6.45) is 83.5. The van der Waals surface area contributed by atoms with Gasteiger partial charge in [0.15, 0.2) is 0 Å². The molecule has 0 radical (unpaired) electrons. The van der Waals surface area contributed by atoms with Gasteiger partial charge in [-0.2, -0.15) is 0 Å². The Morgan fingerprint density at radius 1 is 0.412 bits per heavy atom. The summed E-state index contributed by atoms with van der Waals surface area (Å²) >= 11 is 0. The van der Waals surface area contributed by atoms with Crippen molar-refractivity contribution in [2.45, 2.75) is 367 Å². The molecule has 498 valence electrons. The number of esters is 1. The smallest absolute Gasteiger partial charge is 0.306 e. The third-order valence-electron chi connectivity index (χ3n) is 16.4. The largest absolute Gasteiger partial charge is 0.756 e. The van der Waals surface area contributed by atoms with Gasteiger partial charge in [0, 0.05) is 12.8 Å². The van der Waals surface area contributed by atoms with Crippen molar-refractivity contribution in [3.63, 3.8) is 0 Å². The number of unbranched alkanes of at least 4 members (excludes halogenated alkanes) is 43. The van der Waals surface area contributed by atoms with Gasteiger partial charge in [0.1, 0.15) is 19.3 Å². The number of likely N-dealkylation sites (N-methyl/N-ethyl adjacent to an activating group) is 1. The van der Waals surface area contributed by atoms with Crippen molar-refractivity contribution in [1.82, 2.24) is 5.32 Å². The van der Waals surface area contributed by atoms with Crippen molar-refractivity contribution < 1.29 is 37.3 Å². The average Bonchev–Trinajstić information content (AvgIpc) is 3.64. The van der Waals surface area contributed by atoms with Crippen molar-refractivity contribution in [3.05, 3.63) is 60.8 Å². The minimum absolute atomic E-state index is 0.0217. The minimum atomic E-state index is -4.70. The van der Waals surface area contributed by atoms with E-state index in [2.05, 4.69) is 74.7 Å². The molecule has 0 aliphatic carbocycles. The van der Waals surface area contributed by atoms with Gasteiger partial charge < -0.3 is 28.5 Å². The summed E-state index contributed by atoms with van der Waals surface area (Å²) in [5.74, 6) is -0.528. The lowest BCUT2D eigenvalue weighted by molar-refractivity contribution is -0.870. The summed E-state index contributed by atoms with van der Waals surface area (Å²) in [5, 5.41) is 3.05. The SMILES string of the molecule is CCCCC/C=C\C/C=C\CCCCCCCCCCCCCCCCCC(=O)NC(COP(=O)([O-])OCC[N+](C)(C)C)C(/C=C/CCCCCCCCCCC)OC(=O)CCCCCCCCCCCCCCC/C=C\C/C=C\CCCCC. The van der Waals surface area contributed by atoms with Crippen LogP contribution in [0.15, 0.2) is 60.8 Å². The first-order chi connectivity index (χ1) is 41.4. The maximum absolute atomic E-state index is 13.6. The van der Waals surface area contributed by atoms with Crippen LogP contribution in [0.1, 0.15) is 355 Å². The fourth-order valence-electron chi connectivity index (χ4n) is 10.8. The van der Waals surface area contributed by atoms with Gasteiger partial charge >= 0.3 is 5.97 Å². The highest BCUT2D eigenvalue weighted by molar-refractivity contribution is 7.45. The number of ether oxygens (including phenoxy) is 1. The van der Waals surface area contributed by atoms with E-state index in [0.717, 1.165) is 70.6 Å². The summed E-state index contributed by atoms with van der Waals surface area (Å²) in [6, 6.07) is -0.889. The molecule has 0 aromatic heterocycles. The lowest BCUT2D eigenvalue weighted by Crippen LogP contribution is -2.47. The second kappa shape index (κ2) is 64.7. The van der Waals surface area contributed by atoms with Crippen LogP contribution in [0.4, 0.5) is 0 Å². The highest BCUT2D eigenvalue weighted by Gasteiger charge is 2.27. The van der Waals surface area contributed by atoms with E-state index in [1.807, 2.05) is 33.3 Å². The number of nitrogens with one attached hydrogen (secondary N) is 1. The molecule has 0 aliphatic heterocycles. The van der Waals surface area contributed by atoms with Crippen LogP contribution in [0.5, 0.6) is 0 Å². The predicted molar refractivity (Wildman–Crippen MR) is 367 cm³/mol. The van der Waals surface area contributed by atoms with Crippen molar-refractivity contribution >= 4 is 19.7 Å². The number of quaternary nitrogens is 1. The first kappa shape index (κ1) is 82.7. The van der Waals surface area contributed by atoms with E-state index < -0.39 is 20.0 Å². The molecule has 10 heteroatoms.